The van der Waals surface area contributed by atoms with Crippen LogP contribution < -0.4 is 22.0 Å². The van der Waals surface area contributed by atoms with Crippen LogP contribution in [-0.4, -0.2) is 33.5 Å². The molecule has 0 atom stereocenters. The number of halogens is 3. The number of hydrogen-bond acceptors (Lipinski definition) is 6. The van der Waals surface area contributed by atoms with Crippen molar-refractivity contribution in [3.8, 4) is 10.4 Å². The predicted octanol–water partition coefficient (Wildman–Crippen LogP) is 5.12. The largest absolute Gasteiger partial charge is 0.393 e. The maximum atomic E-state index is 14.7. The fourth-order valence-electron chi connectivity index (χ4n) is 5.22. The number of aliphatic hydroxyl groups excluding tert-OH is 1. The van der Waals surface area contributed by atoms with Crippen LogP contribution in [0.5, 0.6) is 0 Å². The Balaban J connectivity index is 1.70. The maximum Gasteiger partial charge on any atom is 0.343 e. The van der Waals surface area contributed by atoms with Gasteiger partial charge in [-0.1, -0.05) is 18.2 Å². The molecule has 13 heteroatoms. The number of aliphatic hydroxyl groups is 1. The van der Waals surface area contributed by atoms with Crippen molar-refractivity contribution in [1.29, 1.82) is 0 Å². The van der Waals surface area contributed by atoms with E-state index in [1.165, 1.54) is 17.7 Å². The lowest BCUT2D eigenvalue weighted by atomic mass is 9.93. The molecule has 2 heterocycles. The van der Waals surface area contributed by atoms with E-state index in [-0.39, 0.29) is 21.7 Å². The van der Waals surface area contributed by atoms with Crippen LogP contribution in [0.1, 0.15) is 42.9 Å². The monoisotopic (exact) mass is 604 g/mol. The first kappa shape index (κ1) is 28.9. The zero-order chi connectivity index (χ0) is 29.3. The zero-order valence-electron chi connectivity index (χ0n) is 22.0. The van der Waals surface area contributed by atoms with E-state index in [4.69, 9.17) is 11.6 Å². The minimum atomic E-state index is -0.807. The van der Waals surface area contributed by atoms with Gasteiger partial charge in [0.2, 0.25) is 0 Å². The Bertz CT molecular complexity index is 1690. The van der Waals surface area contributed by atoms with E-state index in [2.05, 4.69) is 15.6 Å². The number of nitrogens with zero attached hydrogens (tertiary/aromatic N) is 2. The molecule has 1 aliphatic carbocycles. The third kappa shape index (κ3) is 5.65. The number of fused-ring (bicyclic) bond motifs is 1. The van der Waals surface area contributed by atoms with E-state index in [0.717, 1.165) is 28.0 Å². The fourth-order valence-corrected chi connectivity index (χ4v) is 6.88. The number of amides is 2. The van der Waals surface area contributed by atoms with Gasteiger partial charge in [-0.25, -0.2) is 23.9 Å². The van der Waals surface area contributed by atoms with Crippen LogP contribution >= 0.6 is 22.9 Å². The quantitative estimate of drug-likeness (QED) is 0.200. The minimum absolute atomic E-state index is 0.0591. The first-order valence-electron chi connectivity index (χ1n) is 12.9. The van der Waals surface area contributed by atoms with E-state index in [1.807, 2.05) is 0 Å². The Labute approximate surface area is 241 Å². The lowest BCUT2D eigenvalue weighted by molar-refractivity contribution is 0.108. The number of hydrogen-bond donors (Lipinski definition) is 3. The van der Waals surface area contributed by atoms with Crippen LogP contribution in [0.25, 0.3) is 20.7 Å². The molecule has 9 nitrogen and oxygen atoms in total. The maximum absolute atomic E-state index is 14.7. The Kier molecular flexibility index (Phi) is 8.55. The highest BCUT2D eigenvalue weighted by molar-refractivity contribution is 7.22. The van der Waals surface area contributed by atoms with Gasteiger partial charge < -0.3 is 10.4 Å². The van der Waals surface area contributed by atoms with Crippen molar-refractivity contribution in [2.24, 2.45) is 0 Å². The Morgan fingerprint density at radius 1 is 1.07 bits per heavy atom. The minimum Gasteiger partial charge on any atom is -0.393 e. The van der Waals surface area contributed by atoms with E-state index in [0.29, 0.717) is 47.4 Å². The number of carbonyl (C=O) groups excluding carboxylic acids is 1. The summed E-state index contributed by atoms with van der Waals surface area (Å²) in [5.41, 5.74) is 2.29. The lowest BCUT2D eigenvalue weighted by Gasteiger charge is -2.27. The van der Waals surface area contributed by atoms with Crippen LogP contribution in [0, 0.1) is 11.6 Å². The van der Waals surface area contributed by atoms with Crippen molar-refractivity contribution in [2.45, 2.75) is 50.3 Å². The normalized spacial score (nSPS) is 17.1. The highest BCUT2D eigenvalue weighted by Gasteiger charge is 2.29. The summed E-state index contributed by atoms with van der Waals surface area (Å²) in [6.07, 6.45) is 1.17. The number of thiophene rings is 1. The number of nitrogens with one attached hydrogen (secondary N) is 2. The SMILES string of the molecule is CONC(=O)Nc1ccc(-c2sc3c(c2CCl)c(=O)n(C2CCC(O)CC2)c(=O)n3Cc2c(F)cccc2F)cc1. The summed E-state index contributed by atoms with van der Waals surface area (Å²) in [4.78, 5) is 45.1. The number of urea groups is 1. The van der Waals surface area contributed by atoms with Crippen LogP contribution in [0.4, 0.5) is 19.3 Å². The number of carbonyl (C=O) groups is 1. The second-order valence-corrected chi connectivity index (χ2v) is 11.0. The predicted molar refractivity (Wildman–Crippen MR) is 153 cm³/mol. The molecule has 0 bridgehead atoms. The molecule has 0 spiro atoms. The second-order valence-electron chi connectivity index (χ2n) is 9.77. The summed E-state index contributed by atoms with van der Waals surface area (Å²) in [6, 6.07) is 9.19. The molecule has 0 aliphatic heterocycles. The third-order valence-corrected chi connectivity index (χ3v) is 8.82. The number of alkyl halides is 1. The van der Waals surface area contributed by atoms with Gasteiger partial charge in [-0.05, 0) is 55.5 Å². The summed E-state index contributed by atoms with van der Waals surface area (Å²) in [7, 11) is 1.31. The fraction of sp³-hybridized carbons (Fsp3) is 0.321. The van der Waals surface area contributed by atoms with Gasteiger partial charge in [0.05, 0.1) is 25.1 Å². The molecular formula is C28H27ClF2N4O5S. The smallest absolute Gasteiger partial charge is 0.343 e. The third-order valence-electron chi connectivity index (χ3n) is 7.25. The van der Waals surface area contributed by atoms with E-state index in [9.17, 15) is 28.3 Å². The van der Waals surface area contributed by atoms with E-state index >= 15 is 0 Å². The molecule has 1 fully saturated rings. The van der Waals surface area contributed by atoms with Crippen molar-refractivity contribution >= 4 is 44.9 Å². The summed E-state index contributed by atoms with van der Waals surface area (Å²) in [6.45, 7) is -0.428. The molecule has 2 amide bonds. The second kappa shape index (κ2) is 12.1. The van der Waals surface area contributed by atoms with Gasteiger partial charge in [-0.2, -0.15) is 0 Å². The topological polar surface area (TPSA) is 115 Å². The lowest BCUT2D eigenvalue weighted by Crippen LogP contribution is -2.43. The highest BCUT2D eigenvalue weighted by atomic mass is 35.5. The highest BCUT2D eigenvalue weighted by Crippen LogP contribution is 2.39. The van der Waals surface area contributed by atoms with Crippen molar-refractivity contribution in [1.82, 2.24) is 14.6 Å². The van der Waals surface area contributed by atoms with Gasteiger partial charge in [0.1, 0.15) is 16.5 Å². The molecule has 3 N–H and O–H groups in total. The molecule has 41 heavy (non-hydrogen) atoms. The van der Waals surface area contributed by atoms with Gasteiger partial charge in [0.15, 0.2) is 0 Å². The first-order valence-corrected chi connectivity index (χ1v) is 14.3. The zero-order valence-corrected chi connectivity index (χ0v) is 23.5. The van der Waals surface area contributed by atoms with Crippen LogP contribution in [-0.2, 0) is 17.3 Å². The summed E-state index contributed by atoms with van der Waals surface area (Å²) >= 11 is 7.54. The average Bonchev–Trinajstić information content (AvgIpc) is 3.34. The van der Waals surface area contributed by atoms with Gasteiger partial charge >= 0.3 is 11.7 Å². The summed E-state index contributed by atoms with van der Waals surface area (Å²) in [5, 5.41) is 12.8. The van der Waals surface area contributed by atoms with Gasteiger partial charge in [0, 0.05) is 33.6 Å². The van der Waals surface area contributed by atoms with Crippen LogP contribution in [0.15, 0.2) is 52.1 Å². The molecule has 2 aromatic carbocycles. The molecular weight excluding hydrogens is 578 g/mol. The summed E-state index contributed by atoms with van der Waals surface area (Å²) < 4.78 is 31.8. The number of benzene rings is 2. The Morgan fingerprint density at radius 3 is 2.34 bits per heavy atom. The van der Waals surface area contributed by atoms with Crippen LogP contribution in [0.2, 0.25) is 0 Å². The van der Waals surface area contributed by atoms with Crippen molar-refractivity contribution in [3.63, 3.8) is 0 Å². The van der Waals surface area contributed by atoms with Gasteiger partial charge in [0.25, 0.3) is 5.56 Å². The van der Waals surface area contributed by atoms with Crippen molar-refractivity contribution in [3.05, 3.63) is 86.1 Å². The molecule has 5 rings (SSSR count). The molecule has 4 aromatic rings. The number of anilines is 1. The number of hydroxylamine groups is 1. The molecule has 0 saturated heterocycles. The number of aromatic nitrogens is 2. The van der Waals surface area contributed by atoms with Crippen molar-refractivity contribution < 1.29 is 23.5 Å². The standard InChI is InChI=1S/C28H27ClF2N4O5S/c1-40-33-27(38)32-16-7-5-15(6-8-16)24-19(13-29)23-25(37)35(17-9-11-18(36)12-10-17)28(39)34(26(23)41-24)14-20-21(30)3-2-4-22(20)31/h2-8,17-18,36H,9-14H2,1H3,(H2,32,33,38). The van der Waals surface area contributed by atoms with E-state index in [1.54, 1.807) is 24.3 Å². The van der Waals surface area contributed by atoms with Crippen LogP contribution in [0.3, 0.4) is 0 Å². The molecule has 1 saturated carbocycles. The van der Waals surface area contributed by atoms with E-state index < -0.39 is 47.6 Å². The Morgan fingerprint density at radius 2 is 1.73 bits per heavy atom. The molecule has 216 valence electrons. The Hall–Kier alpha value is -3.58. The molecule has 0 radical (unpaired) electrons. The molecule has 2 aromatic heterocycles. The molecule has 1 aliphatic rings. The first-order chi connectivity index (χ1) is 19.7. The average molecular weight is 605 g/mol. The number of rotatable bonds is 7. The summed E-state index contributed by atoms with van der Waals surface area (Å²) in [5.74, 6) is -1.67. The van der Waals surface area contributed by atoms with Gasteiger partial charge in [-0.3, -0.25) is 18.8 Å². The molecule has 0 unspecified atom stereocenters. The van der Waals surface area contributed by atoms with Gasteiger partial charge in [-0.15, -0.1) is 22.9 Å². The van der Waals surface area contributed by atoms with Crippen molar-refractivity contribution in [2.75, 3.05) is 12.4 Å².